The Balaban J connectivity index is 4.04. The second-order valence-electron chi connectivity index (χ2n) is 1.73. The van der Waals surface area contributed by atoms with Gasteiger partial charge in [-0.1, -0.05) is 6.85 Å². The van der Waals surface area contributed by atoms with Gasteiger partial charge in [0.25, 0.3) is 0 Å². The van der Waals surface area contributed by atoms with Crippen LogP contribution in [-0.4, -0.2) is 31.2 Å². The summed E-state index contributed by atoms with van der Waals surface area (Å²) in [5, 5.41) is 0.902. The summed E-state index contributed by atoms with van der Waals surface area (Å²) in [4.78, 5) is 20.1. The number of nitrogens with zero attached hydrogens (tertiary/aromatic N) is 1. The van der Waals surface area contributed by atoms with Crippen LogP contribution < -0.4 is 5.90 Å². The van der Waals surface area contributed by atoms with E-state index in [0.717, 1.165) is 5.06 Å². The van der Waals surface area contributed by atoms with E-state index in [0.29, 0.717) is 0 Å². The molecule has 5 nitrogen and oxygen atoms in total. The molecule has 5 heteroatoms. The first kappa shape index (κ1) is 5.93. The SMILES string of the molecule is [2H]C([2H])([2H])CC(=O)N(CCON)OC. The first-order chi connectivity index (χ1) is 6.40. The van der Waals surface area contributed by atoms with Crippen molar-refractivity contribution in [1.82, 2.24) is 5.06 Å². The lowest BCUT2D eigenvalue weighted by Gasteiger charge is -2.17. The van der Waals surface area contributed by atoms with Crippen molar-refractivity contribution in [3.8, 4) is 0 Å². The Bertz CT molecular complexity index is 186. The summed E-state index contributed by atoms with van der Waals surface area (Å²) < 4.78 is 20.6. The Hall–Kier alpha value is -0.650. The van der Waals surface area contributed by atoms with Crippen LogP contribution in [0.1, 0.15) is 17.4 Å². The van der Waals surface area contributed by atoms with E-state index < -0.39 is 19.2 Å². The third-order valence-electron chi connectivity index (χ3n) is 1.06. The molecule has 2 N–H and O–H groups in total. The monoisotopic (exact) mass is 165 g/mol. The van der Waals surface area contributed by atoms with Gasteiger partial charge >= 0.3 is 0 Å². The average Bonchev–Trinajstić information content (AvgIpc) is 2.02. The van der Waals surface area contributed by atoms with E-state index in [1.807, 2.05) is 0 Å². The minimum Gasteiger partial charge on any atom is -0.303 e. The van der Waals surface area contributed by atoms with Crippen LogP contribution in [0.5, 0.6) is 0 Å². The van der Waals surface area contributed by atoms with Crippen molar-refractivity contribution in [2.24, 2.45) is 5.90 Å². The molecule has 0 aromatic carbocycles. The van der Waals surface area contributed by atoms with Crippen molar-refractivity contribution in [3.05, 3.63) is 0 Å². The molecule has 0 aromatic heterocycles. The number of carbonyl (C=O) groups is 1. The fourth-order valence-corrected chi connectivity index (χ4v) is 0.542. The summed E-state index contributed by atoms with van der Waals surface area (Å²) in [7, 11) is 1.27. The van der Waals surface area contributed by atoms with Crippen LogP contribution in [0.4, 0.5) is 0 Å². The molecular weight excluding hydrogens is 148 g/mol. The van der Waals surface area contributed by atoms with Gasteiger partial charge in [0.05, 0.1) is 20.3 Å². The molecule has 0 aliphatic carbocycles. The summed E-state index contributed by atoms with van der Waals surface area (Å²) in [5.74, 6) is 4.13. The van der Waals surface area contributed by atoms with E-state index >= 15 is 0 Å². The molecular formula is C6H14N2O3. The molecule has 0 atom stereocenters. The van der Waals surface area contributed by atoms with Crippen molar-refractivity contribution >= 4 is 5.91 Å². The molecule has 0 bridgehead atoms. The molecule has 0 heterocycles. The van der Waals surface area contributed by atoms with E-state index in [1.54, 1.807) is 0 Å². The Kier molecular flexibility index (Phi) is 3.28. The Morgan fingerprint density at radius 1 is 1.82 bits per heavy atom. The van der Waals surface area contributed by atoms with Crippen molar-refractivity contribution in [1.29, 1.82) is 0 Å². The average molecular weight is 165 g/mol. The lowest BCUT2D eigenvalue weighted by atomic mass is 10.4. The van der Waals surface area contributed by atoms with Crippen molar-refractivity contribution < 1.29 is 18.6 Å². The zero-order chi connectivity index (χ0) is 11.2. The van der Waals surface area contributed by atoms with E-state index in [9.17, 15) is 4.79 Å². The van der Waals surface area contributed by atoms with Gasteiger partial charge in [-0.3, -0.25) is 9.63 Å². The van der Waals surface area contributed by atoms with Gasteiger partial charge in [0.1, 0.15) is 0 Å². The number of carbonyl (C=O) groups excluding carboxylic acids is 1. The molecule has 0 fully saturated rings. The van der Waals surface area contributed by atoms with Gasteiger partial charge < -0.3 is 4.84 Å². The summed E-state index contributed by atoms with van der Waals surface area (Å²) in [5.41, 5.74) is 0. The highest BCUT2D eigenvalue weighted by atomic mass is 16.7. The van der Waals surface area contributed by atoms with Gasteiger partial charge in [-0.15, -0.1) is 0 Å². The minimum absolute atomic E-state index is 0.0839. The Morgan fingerprint density at radius 3 is 3.00 bits per heavy atom. The maximum atomic E-state index is 11.2. The first-order valence-electron chi connectivity index (χ1n) is 4.57. The van der Waals surface area contributed by atoms with E-state index in [-0.39, 0.29) is 13.2 Å². The maximum absolute atomic E-state index is 11.2. The number of amides is 1. The summed E-state index contributed by atoms with van der Waals surface area (Å²) in [6, 6.07) is 0. The van der Waals surface area contributed by atoms with Crippen LogP contribution >= 0.6 is 0 Å². The van der Waals surface area contributed by atoms with Gasteiger partial charge in [0, 0.05) is 10.5 Å². The van der Waals surface area contributed by atoms with E-state index in [2.05, 4.69) is 9.68 Å². The van der Waals surface area contributed by atoms with Gasteiger partial charge in [0.15, 0.2) is 0 Å². The smallest absolute Gasteiger partial charge is 0.245 e. The van der Waals surface area contributed by atoms with Crippen LogP contribution in [-0.2, 0) is 14.5 Å². The Labute approximate surface area is 70.2 Å². The largest absolute Gasteiger partial charge is 0.303 e. The van der Waals surface area contributed by atoms with Crippen LogP contribution in [0.2, 0.25) is 0 Å². The van der Waals surface area contributed by atoms with Crippen molar-refractivity contribution in [2.45, 2.75) is 13.3 Å². The highest BCUT2D eigenvalue weighted by Gasteiger charge is 2.09. The minimum atomic E-state index is -2.29. The summed E-state index contributed by atoms with van der Waals surface area (Å²) >= 11 is 0. The lowest BCUT2D eigenvalue weighted by Crippen LogP contribution is -2.32. The zero-order valence-electron chi connectivity index (χ0n) is 9.37. The molecule has 66 valence electrons. The standard InChI is InChI=1S/C6H14N2O3/c1-3-6(9)8(10-2)4-5-11-7/h3-5,7H2,1-2H3/i1D3. The molecule has 0 saturated heterocycles. The second-order valence-corrected chi connectivity index (χ2v) is 1.73. The predicted octanol–water partition coefficient (Wildman–Crippen LogP) is -0.323. The number of hydrogen-bond donors (Lipinski definition) is 1. The topological polar surface area (TPSA) is 64.8 Å². The molecule has 0 spiro atoms. The van der Waals surface area contributed by atoms with Crippen LogP contribution in [0.15, 0.2) is 0 Å². The number of hydroxylamine groups is 2. The number of nitrogens with two attached hydrogens (primary N) is 1. The fraction of sp³-hybridized carbons (Fsp3) is 0.833. The lowest BCUT2D eigenvalue weighted by molar-refractivity contribution is -0.178. The van der Waals surface area contributed by atoms with E-state index in [4.69, 9.17) is 10.0 Å². The van der Waals surface area contributed by atoms with Crippen LogP contribution in [0.25, 0.3) is 0 Å². The van der Waals surface area contributed by atoms with Gasteiger partial charge in [-0.25, -0.2) is 11.0 Å². The number of rotatable bonds is 5. The van der Waals surface area contributed by atoms with E-state index in [1.165, 1.54) is 7.11 Å². The molecule has 0 unspecified atom stereocenters. The second kappa shape index (κ2) is 6.09. The molecule has 11 heavy (non-hydrogen) atoms. The molecule has 0 aliphatic heterocycles. The van der Waals surface area contributed by atoms with Gasteiger partial charge in [-0.05, 0) is 0 Å². The maximum Gasteiger partial charge on any atom is 0.245 e. The normalized spacial score (nSPS) is 14.9. The van der Waals surface area contributed by atoms with Gasteiger partial charge in [0.2, 0.25) is 5.91 Å². The van der Waals surface area contributed by atoms with Crippen molar-refractivity contribution in [2.75, 3.05) is 20.3 Å². The van der Waals surface area contributed by atoms with Crippen molar-refractivity contribution in [3.63, 3.8) is 0 Å². The predicted molar refractivity (Wildman–Crippen MR) is 39.2 cm³/mol. The summed E-state index contributed by atoms with van der Waals surface area (Å²) in [6.07, 6.45) is -0.564. The quantitative estimate of drug-likeness (QED) is 0.567. The zero-order valence-corrected chi connectivity index (χ0v) is 6.37. The molecule has 1 amide bonds. The summed E-state index contributed by atoms with van der Waals surface area (Å²) in [6.45, 7) is -2.11. The third-order valence-corrected chi connectivity index (χ3v) is 1.06. The fourth-order valence-electron chi connectivity index (χ4n) is 0.542. The van der Waals surface area contributed by atoms with Crippen LogP contribution in [0.3, 0.4) is 0 Å². The highest BCUT2D eigenvalue weighted by Crippen LogP contribution is 1.92. The molecule has 0 saturated carbocycles. The first-order valence-corrected chi connectivity index (χ1v) is 3.07. The Morgan fingerprint density at radius 2 is 2.55 bits per heavy atom. The van der Waals surface area contributed by atoms with Gasteiger partial charge in [-0.2, -0.15) is 0 Å². The third kappa shape index (κ3) is 3.92. The molecule has 0 aliphatic rings. The molecule has 0 radical (unpaired) electrons. The van der Waals surface area contributed by atoms with Crippen LogP contribution in [0, 0.1) is 0 Å². The highest BCUT2D eigenvalue weighted by molar-refractivity contribution is 5.74. The molecule has 0 aromatic rings. The number of hydrogen-bond acceptors (Lipinski definition) is 4. The molecule has 0 rings (SSSR count).